The van der Waals surface area contributed by atoms with Crippen molar-refractivity contribution in [1.29, 1.82) is 0 Å². The van der Waals surface area contributed by atoms with Crippen LogP contribution in [0.3, 0.4) is 0 Å². The van der Waals surface area contributed by atoms with E-state index in [-0.39, 0.29) is 6.04 Å². The summed E-state index contributed by atoms with van der Waals surface area (Å²) in [7, 11) is 5.90. The maximum atomic E-state index is 4.66. The van der Waals surface area contributed by atoms with Crippen LogP contribution in [0, 0.1) is 0 Å². The van der Waals surface area contributed by atoms with E-state index in [0.717, 1.165) is 12.1 Å². The third-order valence-corrected chi connectivity index (χ3v) is 3.71. The Labute approximate surface area is 118 Å². The van der Waals surface area contributed by atoms with Gasteiger partial charge in [0, 0.05) is 43.7 Å². The number of aryl methyl sites for hydroxylation is 2. The topological polar surface area (TPSA) is 47.7 Å². The van der Waals surface area contributed by atoms with Gasteiger partial charge in [-0.25, -0.2) is 0 Å². The van der Waals surface area contributed by atoms with E-state index >= 15 is 0 Å². The van der Waals surface area contributed by atoms with E-state index in [4.69, 9.17) is 0 Å². The lowest BCUT2D eigenvalue weighted by Crippen LogP contribution is -2.18. The number of para-hydroxylation sites is 1. The smallest absolute Gasteiger partial charge is 0.0722 e. The molecule has 104 valence electrons. The van der Waals surface area contributed by atoms with Gasteiger partial charge in [-0.15, -0.1) is 0 Å². The molecule has 5 nitrogen and oxygen atoms in total. The van der Waals surface area contributed by atoms with Crippen molar-refractivity contribution in [2.45, 2.75) is 12.5 Å². The van der Waals surface area contributed by atoms with Crippen LogP contribution < -0.4 is 5.32 Å². The van der Waals surface area contributed by atoms with Gasteiger partial charge in [0.05, 0.1) is 17.4 Å². The summed E-state index contributed by atoms with van der Waals surface area (Å²) in [6.07, 6.45) is 4.81. The van der Waals surface area contributed by atoms with Gasteiger partial charge < -0.3 is 5.32 Å². The average molecular weight is 269 g/mol. The Morgan fingerprint density at radius 2 is 2.05 bits per heavy atom. The maximum absolute atomic E-state index is 4.66. The molecule has 0 fully saturated rings. The van der Waals surface area contributed by atoms with Crippen LogP contribution in [0.5, 0.6) is 0 Å². The zero-order valence-electron chi connectivity index (χ0n) is 12.0. The molecule has 0 saturated carbocycles. The molecule has 1 aromatic carbocycles. The minimum atomic E-state index is 0.224. The van der Waals surface area contributed by atoms with Crippen molar-refractivity contribution in [2.75, 3.05) is 7.05 Å². The third-order valence-electron chi connectivity index (χ3n) is 3.71. The lowest BCUT2D eigenvalue weighted by Gasteiger charge is -2.12. The highest BCUT2D eigenvalue weighted by Crippen LogP contribution is 2.23. The molecule has 1 N–H and O–H groups in total. The van der Waals surface area contributed by atoms with Gasteiger partial charge in [-0.3, -0.25) is 9.36 Å². The monoisotopic (exact) mass is 269 g/mol. The number of nitrogens with zero attached hydrogens (tertiary/aromatic N) is 4. The van der Waals surface area contributed by atoms with Gasteiger partial charge >= 0.3 is 0 Å². The fourth-order valence-corrected chi connectivity index (χ4v) is 2.64. The molecule has 20 heavy (non-hydrogen) atoms. The van der Waals surface area contributed by atoms with E-state index in [2.05, 4.69) is 33.7 Å². The van der Waals surface area contributed by atoms with Crippen molar-refractivity contribution in [2.24, 2.45) is 14.1 Å². The molecule has 1 unspecified atom stereocenters. The summed E-state index contributed by atoms with van der Waals surface area (Å²) in [6, 6.07) is 8.57. The lowest BCUT2D eigenvalue weighted by molar-refractivity contribution is 0.579. The SMILES string of the molecule is CNC(Cc1nn(C)c2ccccc12)c1cnn(C)c1. The summed E-state index contributed by atoms with van der Waals surface area (Å²) in [5.41, 5.74) is 3.47. The molecule has 0 aliphatic carbocycles. The van der Waals surface area contributed by atoms with Crippen molar-refractivity contribution in [1.82, 2.24) is 24.9 Å². The number of nitrogens with one attached hydrogen (secondary N) is 1. The Morgan fingerprint density at radius 3 is 2.75 bits per heavy atom. The fraction of sp³-hybridized carbons (Fsp3) is 0.333. The molecular formula is C15H19N5. The van der Waals surface area contributed by atoms with Crippen LogP contribution in [0.15, 0.2) is 36.7 Å². The molecule has 0 radical (unpaired) electrons. The molecule has 0 aliphatic heterocycles. The number of hydrogen-bond donors (Lipinski definition) is 1. The Morgan fingerprint density at radius 1 is 1.25 bits per heavy atom. The summed E-state index contributed by atoms with van der Waals surface area (Å²) in [5.74, 6) is 0. The number of likely N-dealkylation sites (N-methyl/N-ethyl adjacent to an activating group) is 1. The number of hydrogen-bond acceptors (Lipinski definition) is 3. The quantitative estimate of drug-likeness (QED) is 0.786. The molecule has 0 spiro atoms. The highest BCUT2D eigenvalue weighted by Gasteiger charge is 2.16. The summed E-state index contributed by atoms with van der Waals surface area (Å²) in [6.45, 7) is 0. The predicted molar refractivity (Wildman–Crippen MR) is 79.4 cm³/mol. The highest BCUT2D eigenvalue weighted by molar-refractivity contribution is 5.81. The molecule has 3 rings (SSSR count). The highest BCUT2D eigenvalue weighted by atomic mass is 15.3. The van der Waals surface area contributed by atoms with E-state index in [0.29, 0.717) is 0 Å². The van der Waals surface area contributed by atoms with Crippen molar-refractivity contribution in [3.8, 4) is 0 Å². The van der Waals surface area contributed by atoms with E-state index in [1.807, 2.05) is 49.0 Å². The van der Waals surface area contributed by atoms with Crippen LogP contribution in [0.4, 0.5) is 0 Å². The van der Waals surface area contributed by atoms with Crippen LogP contribution in [0.25, 0.3) is 10.9 Å². The molecule has 0 aliphatic rings. The number of aromatic nitrogens is 4. The Hall–Kier alpha value is -2.14. The molecule has 0 saturated heterocycles. The molecule has 0 bridgehead atoms. The number of benzene rings is 1. The summed E-state index contributed by atoms with van der Waals surface area (Å²) in [4.78, 5) is 0. The Kier molecular flexibility index (Phi) is 3.28. The largest absolute Gasteiger partial charge is 0.313 e. The molecule has 1 atom stereocenters. The minimum absolute atomic E-state index is 0.224. The second-order valence-corrected chi connectivity index (χ2v) is 5.08. The predicted octanol–water partition coefficient (Wildman–Crippen LogP) is 1.81. The summed E-state index contributed by atoms with van der Waals surface area (Å²) in [5, 5.41) is 13.5. The van der Waals surface area contributed by atoms with Crippen molar-refractivity contribution in [3.05, 3.63) is 47.9 Å². The average Bonchev–Trinajstić information content (AvgIpc) is 3.01. The van der Waals surface area contributed by atoms with Gasteiger partial charge in [0.1, 0.15) is 0 Å². The van der Waals surface area contributed by atoms with Gasteiger partial charge in [-0.1, -0.05) is 18.2 Å². The van der Waals surface area contributed by atoms with Gasteiger partial charge in [0.2, 0.25) is 0 Å². The van der Waals surface area contributed by atoms with Gasteiger partial charge in [0.25, 0.3) is 0 Å². The van der Waals surface area contributed by atoms with Crippen molar-refractivity contribution in [3.63, 3.8) is 0 Å². The minimum Gasteiger partial charge on any atom is -0.313 e. The summed E-state index contributed by atoms with van der Waals surface area (Å²) >= 11 is 0. The molecule has 2 aromatic heterocycles. The maximum Gasteiger partial charge on any atom is 0.0722 e. The standard InChI is InChI=1S/C15H19N5/c1-16-13(11-9-17-19(2)10-11)8-14-12-6-4-5-7-15(12)20(3)18-14/h4-7,9-10,13,16H,8H2,1-3H3. The summed E-state index contributed by atoms with van der Waals surface area (Å²) < 4.78 is 3.77. The first kappa shape index (κ1) is 12.9. The molecular weight excluding hydrogens is 250 g/mol. The lowest BCUT2D eigenvalue weighted by atomic mass is 10.0. The Balaban J connectivity index is 1.95. The second kappa shape index (κ2) is 5.09. The zero-order chi connectivity index (χ0) is 14.1. The van der Waals surface area contributed by atoms with Crippen molar-refractivity contribution < 1.29 is 0 Å². The van der Waals surface area contributed by atoms with Crippen LogP contribution in [0.2, 0.25) is 0 Å². The van der Waals surface area contributed by atoms with Gasteiger partial charge in [-0.2, -0.15) is 10.2 Å². The first-order valence-electron chi connectivity index (χ1n) is 6.75. The second-order valence-electron chi connectivity index (χ2n) is 5.08. The normalized spacial score (nSPS) is 12.9. The van der Waals surface area contributed by atoms with Crippen LogP contribution in [-0.4, -0.2) is 26.6 Å². The molecule has 5 heteroatoms. The van der Waals surface area contributed by atoms with Crippen LogP contribution in [-0.2, 0) is 20.5 Å². The zero-order valence-corrected chi connectivity index (χ0v) is 12.0. The number of rotatable bonds is 4. The molecule has 3 aromatic rings. The van der Waals surface area contributed by atoms with Crippen LogP contribution in [0.1, 0.15) is 17.3 Å². The van der Waals surface area contributed by atoms with E-state index in [1.54, 1.807) is 0 Å². The fourth-order valence-electron chi connectivity index (χ4n) is 2.64. The van der Waals surface area contributed by atoms with Crippen molar-refractivity contribution >= 4 is 10.9 Å². The van der Waals surface area contributed by atoms with E-state index < -0.39 is 0 Å². The van der Waals surface area contributed by atoms with E-state index in [1.165, 1.54) is 16.5 Å². The van der Waals surface area contributed by atoms with Gasteiger partial charge in [0.15, 0.2) is 0 Å². The molecule has 0 amide bonds. The van der Waals surface area contributed by atoms with Gasteiger partial charge in [-0.05, 0) is 13.1 Å². The van der Waals surface area contributed by atoms with E-state index in [9.17, 15) is 0 Å². The Bertz CT molecular complexity index is 725. The molecule has 2 heterocycles. The first-order valence-corrected chi connectivity index (χ1v) is 6.75. The first-order chi connectivity index (χ1) is 9.69. The third kappa shape index (κ3) is 2.20. The number of fused-ring (bicyclic) bond motifs is 1. The van der Waals surface area contributed by atoms with Crippen LogP contribution >= 0.6 is 0 Å².